The molecule has 2 rings (SSSR count). The van der Waals surface area contributed by atoms with Gasteiger partial charge < -0.3 is 9.47 Å². The number of ether oxygens (including phenoxy) is 2. The normalized spacial score (nSPS) is 10.0. The number of esters is 1. The van der Waals surface area contributed by atoms with E-state index in [9.17, 15) is 14.9 Å². The van der Waals surface area contributed by atoms with Crippen LogP contribution in [0.15, 0.2) is 46.9 Å². The topological polar surface area (TPSA) is 78.7 Å². The summed E-state index contributed by atoms with van der Waals surface area (Å²) in [5.41, 5.74) is 0.122. The molecule has 0 saturated carbocycles. The number of carbonyl (C=O) groups is 1. The molecule has 0 atom stereocenters. The zero-order valence-electron chi connectivity index (χ0n) is 10.9. The van der Waals surface area contributed by atoms with Gasteiger partial charge in [0, 0.05) is 10.5 Å². The maximum Gasteiger partial charge on any atom is 0.344 e. The van der Waals surface area contributed by atoms with Crippen molar-refractivity contribution in [2.45, 2.75) is 0 Å². The fourth-order valence-corrected chi connectivity index (χ4v) is 2.09. The van der Waals surface area contributed by atoms with Crippen LogP contribution in [0.5, 0.6) is 11.5 Å². The quantitative estimate of drug-likeness (QED) is 0.364. The van der Waals surface area contributed by atoms with E-state index < -0.39 is 10.9 Å². The Morgan fingerprint density at radius 3 is 2.52 bits per heavy atom. The van der Waals surface area contributed by atoms with E-state index in [2.05, 4.69) is 15.9 Å². The maximum absolute atomic E-state index is 12.1. The van der Waals surface area contributed by atoms with E-state index in [1.54, 1.807) is 24.3 Å². The number of hydrogen-bond acceptors (Lipinski definition) is 5. The molecule has 0 amide bonds. The average molecular weight is 352 g/mol. The van der Waals surface area contributed by atoms with Gasteiger partial charge in [0.05, 0.1) is 23.7 Å². The van der Waals surface area contributed by atoms with E-state index in [4.69, 9.17) is 9.47 Å². The highest BCUT2D eigenvalue weighted by Gasteiger charge is 2.18. The van der Waals surface area contributed by atoms with Gasteiger partial charge >= 0.3 is 5.97 Å². The van der Waals surface area contributed by atoms with Gasteiger partial charge in [-0.1, -0.05) is 12.1 Å². The Balaban J connectivity index is 2.34. The third-order valence-corrected chi connectivity index (χ3v) is 3.35. The van der Waals surface area contributed by atoms with Crippen LogP contribution in [-0.2, 0) is 0 Å². The van der Waals surface area contributed by atoms with Gasteiger partial charge in [0.2, 0.25) is 0 Å². The summed E-state index contributed by atoms with van der Waals surface area (Å²) >= 11 is 3.24. The molecule has 0 saturated heterocycles. The summed E-state index contributed by atoms with van der Waals surface area (Å²) < 4.78 is 10.8. The first kappa shape index (κ1) is 15.0. The van der Waals surface area contributed by atoms with Crippen molar-refractivity contribution in [2.75, 3.05) is 7.11 Å². The number of halogens is 1. The minimum absolute atomic E-state index is 0.00699. The largest absolute Gasteiger partial charge is 0.493 e. The Hall–Kier alpha value is -2.41. The summed E-state index contributed by atoms with van der Waals surface area (Å²) in [7, 11) is 1.39. The fourth-order valence-electron chi connectivity index (χ4n) is 1.64. The Bertz CT molecular complexity index is 702. The van der Waals surface area contributed by atoms with Crippen molar-refractivity contribution in [1.82, 2.24) is 0 Å². The smallest absolute Gasteiger partial charge is 0.344 e. The van der Waals surface area contributed by atoms with Crippen molar-refractivity contribution in [2.24, 2.45) is 0 Å². The zero-order chi connectivity index (χ0) is 15.4. The molecule has 2 aromatic carbocycles. The molecule has 0 aliphatic heterocycles. The summed E-state index contributed by atoms with van der Waals surface area (Å²) in [5.74, 6) is -0.408. The van der Waals surface area contributed by atoms with Gasteiger partial charge in [-0.3, -0.25) is 10.1 Å². The lowest BCUT2D eigenvalue weighted by Crippen LogP contribution is -2.10. The van der Waals surface area contributed by atoms with Gasteiger partial charge in [0.25, 0.3) is 5.69 Å². The Morgan fingerprint density at radius 1 is 1.19 bits per heavy atom. The standard InChI is InChI=1S/C14H10BrNO5/c1-20-12-7-6-9(16(18)19)8-13(12)21-14(17)10-4-2-3-5-11(10)15/h2-8H,1H3. The number of benzene rings is 2. The lowest BCUT2D eigenvalue weighted by Gasteiger charge is -2.09. The molecule has 0 aromatic heterocycles. The van der Waals surface area contributed by atoms with Crippen LogP contribution in [0.3, 0.4) is 0 Å². The fraction of sp³-hybridized carbons (Fsp3) is 0.0714. The number of hydrogen-bond donors (Lipinski definition) is 0. The number of rotatable bonds is 4. The van der Waals surface area contributed by atoms with Crippen LogP contribution in [0, 0.1) is 10.1 Å². The van der Waals surface area contributed by atoms with Crippen LogP contribution in [0.1, 0.15) is 10.4 Å². The second kappa shape index (κ2) is 6.36. The van der Waals surface area contributed by atoms with Crippen LogP contribution >= 0.6 is 15.9 Å². The molecule has 0 radical (unpaired) electrons. The molecule has 0 fully saturated rings. The van der Waals surface area contributed by atoms with Crippen LogP contribution in [0.25, 0.3) is 0 Å². The molecule has 2 aromatic rings. The molecule has 0 N–H and O–H groups in total. The summed E-state index contributed by atoms with van der Waals surface area (Å²) in [4.78, 5) is 22.3. The third-order valence-electron chi connectivity index (χ3n) is 2.65. The van der Waals surface area contributed by atoms with Crippen molar-refractivity contribution >= 4 is 27.6 Å². The molecule has 0 spiro atoms. The van der Waals surface area contributed by atoms with E-state index >= 15 is 0 Å². The molecule has 21 heavy (non-hydrogen) atoms. The molecule has 6 nitrogen and oxygen atoms in total. The van der Waals surface area contributed by atoms with E-state index in [1.165, 1.54) is 19.2 Å². The van der Waals surface area contributed by atoms with Crippen LogP contribution in [0.2, 0.25) is 0 Å². The summed E-state index contributed by atoms with van der Waals surface area (Å²) in [6.07, 6.45) is 0. The maximum atomic E-state index is 12.1. The van der Waals surface area contributed by atoms with Crippen LogP contribution < -0.4 is 9.47 Å². The lowest BCUT2D eigenvalue weighted by atomic mass is 10.2. The number of nitro benzene ring substituents is 1. The predicted octanol–water partition coefficient (Wildman–Crippen LogP) is 3.59. The van der Waals surface area contributed by atoms with Crippen molar-refractivity contribution in [1.29, 1.82) is 0 Å². The second-order valence-corrected chi connectivity index (χ2v) is 4.82. The second-order valence-electron chi connectivity index (χ2n) is 3.96. The van der Waals surface area contributed by atoms with E-state index in [0.29, 0.717) is 10.0 Å². The zero-order valence-corrected chi connectivity index (χ0v) is 12.5. The molecule has 0 unspecified atom stereocenters. The monoisotopic (exact) mass is 351 g/mol. The Kier molecular flexibility index (Phi) is 4.54. The first-order valence-electron chi connectivity index (χ1n) is 5.82. The van der Waals surface area contributed by atoms with E-state index in [1.807, 2.05) is 0 Å². The molecule has 0 heterocycles. The van der Waals surface area contributed by atoms with Gasteiger partial charge in [-0.2, -0.15) is 0 Å². The summed E-state index contributed by atoms with van der Waals surface area (Å²) in [6, 6.07) is 10.5. The minimum Gasteiger partial charge on any atom is -0.493 e. The third kappa shape index (κ3) is 3.38. The Morgan fingerprint density at radius 2 is 1.90 bits per heavy atom. The molecular weight excluding hydrogens is 342 g/mol. The Labute approximate surface area is 128 Å². The predicted molar refractivity (Wildman–Crippen MR) is 78.7 cm³/mol. The highest BCUT2D eigenvalue weighted by molar-refractivity contribution is 9.10. The van der Waals surface area contributed by atoms with Gasteiger partial charge in [0.15, 0.2) is 11.5 Å². The molecule has 7 heteroatoms. The minimum atomic E-state index is -0.638. The summed E-state index contributed by atoms with van der Waals surface area (Å²) in [6.45, 7) is 0. The number of nitro groups is 1. The lowest BCUT2D eigenvalue weighted by molar-refractivity contribution is -0.384. The van der Waals surface area contributed by atoms with Gasteiger partial charge in [-0.05, 0) is 34.1 Å². The van der Waals surface area contributed by atoms with Crippen molar-refractivity contribution in [3.63, 3.8) is 0 Å². The highest BCUT2D eigenvalue weighted by Crippen LogP contribution is 2.32. The average Bonchev–Trinajstić information content (AvgIpc) is 2.47. The number of carbonyl (C=O) groups excluding carboxylic acids is 1. The van der Waals surface area contributed by atoms with Gasteiger partial charge in [-0.15, -0.1) is 0 Å². The molecule has 0 bridgehead atoms. The molecule has 0 aliphatic rings. The van der Waals surface area contributed by atoms with Gasteiger partial charge in [-0.25, -0.2) is 4.79 Å². The van der Waals surface area contributed by atoms with Crippen molar-refractivity contribution in [3.05, 3.63) is 62.6 Å². The highest BCUT2D eigenvalue weighted by atomic mass is 79.9. The number of non-ortho nitro benzene ring substituents is 1. The number of nitrogens with zero attached hydrogens (tertiary/aromatic N) is 1. The molecular formula is C14H10BrNO5. The number of methoxy groups -OCH3 is 1. The SMILES string of the molecule is COc1ccc([N+](=O)[O-])cc1OC(=O)c1ccccc1Br. The molecule has 108 valence electrons. The van der Waals surface area contributed by atoms with Crippen LogP contribution in [-0.4, -0.2) is 18.0 Å². The van der Waals surface area contributed by atoms with E-state index in [0.717, 1.165) is 6.07 Å². The van der Waals surface area contributed by atoms with Crippen molar-refractivity contribution in [3.8, 4) is 11.5 Å². The first-order valence-corrected chi connectivity index (χ1v) is 6.61. The first-order chi connectivity index (χ1) is 10.0. The van der Waals surface area contributed by atoms with Gasteiger partial charge in [0.1, 0.15) is 0 Å². The van der Waals surface area contributed by atoms with Crippen LogP contribution in [0.4, 0.5) is 5.69 Å². The van der Waals surface area contributed by atoms with E-state index in [-0.39, 0.29) is 17.2 Å². The van der Waals surface area contributed by atoms with Crippen molar-refractivity contribution < 1.29 is 19.2 Å². The molecule has 0 aliphatic carbocycles. The summed E-state index contributed by atoms with van der Waals surface area (Å²) in [5, 5.41) is 10.8.